The highest BCUT2D eigenvalue weighted by atomic mass is 16.5. The number of rotatable bonds is 6. The molecule has 4 nitrogen and oxygen atoms in total. The second-order valence-electron chi connectivity index (χ2n) is 4.88. The number of aromatic nitrogens is 2. The van der Waals surface area contributed by atoms with Crippen molar-refractivity contribution in [2.45, 2.75) is 44.2 Å². The molecule has 1 fully saturated rings. The molecule has 0 aliphatic carbocycles. The maximum absolute atomic E-state index is 5.65. The summed E-state index contributed by atoms with van der Waals surface area (Å²) in [4.78, 5) is 0. The third-order valence-corrected chi connectivity index (χ3v) is 3.49. The molecule has 0 radical (unpaired) electrons. The van der Waals surface area contributed by atoms with Gasteiger partial charge in [-0.05, 0) is 38.8 Å². The molecule has 1 aromatic heterocycles. The zero-order chi connectivity index (χ0) is 12.1. The number of nitrogens with zero attached hydrogens (tertiary/aromatic N) is 2. The average molecular weight is 237 g/mol. The number of hydrogen-bond acceptors (Lipinski definition) is 3. The van der Waals surface area contributed by atoms with Crippen molar-refractivity contribution in [1.29, 1.82) is 0 Å². The van der Waals surface area contributed by atoms with E-state index >= 15 is 0 Å². The molecule has 1 saturated heterocycles. The molecule has 1 aliphatic heterocycles. The molecule has 17 heavy (non-hydrogen) atoms. The molecule has 0 amide bonds. The van der Waals surface area contributed by atoms with Gasteiger partial charge < -0.3 is 10.1 Å². The summed E-state index contributed by atoms with van der Waals surface area (Å²) in [5, 5.41) is 7.80. The van der Waals surface area contributed by atoms with E-state index < -0.39 is 0 Å². The van der Waals surface area contributed by atoms with Gasteiger partial charge in [0.15, 0.2) is 0 Å². The van der Waals surface area contributed by atoms with Crippen molar-refractivity contribution >= 4 is 0 Å². The minimum absolute atomic E-state index is 0.495. The molecule has 0 aromatic carbocycles. The standard InChI is InChI=1S/C13H23N3O/c1-14-11(5-6-13-4-3-9-17-13)10-12-7-8-16(2)15-12/h7-8,11,13-14H,3-6,9-10H2,1-2H3. The van der Waals surface area contributed by atoms with Gasteiger partial charge in [-0.3, -0.25) is 4.68 Å². The Kier molecular flexibility index (Phi) is 4.57. The smallest absolute Gasteiger partial charge is 0.0639 e. The summed E-state index contributed by atoms with van der Waals surface area (Å²) < 4.78 is 7.52. The molecule has 2 unspecified atom stereocenters. The first-order chi connectivity index (χ1) is 8.28. The van der Waals surface area contributed by atoms with Crippen molar-refractivity contribution in [2.24, 2.45) is 7.05 Å². The third-order valence-electron chi connectivity index (χ3n) is 3.49. The van der Waals surface area contributed by atoms with Crippen LogP contribution in [0.2, 0.25) is 0 Å². The predicted octanol–water partition coefficient (Wildman–Crippen LogP) is 1.51. The summed E-state index contributed by atoms with van der Waals surface area (Å²) in [6.07, 6.45) is 8.30. The van der Waals surface area contributed by atoms with Crippen LogP contribution in [0.15, 0.2) is 12.3 Å². The van der Waals surface area contributed by atoms with Crippen LogP contribution < -0.4 is 5.32 Å². The normalized spacial score (nSPS) is 21.9. The van der Waals surface area contributed by atoms with Crippen LogP contribution in [-0.4, -0.2) is 35.6 Å². The molecule has 1 aromatic rings. The lowest BCUT2D eigenvalue weighted by Crippen LogP contribution is -2.29. The molecule has 2 heterocycles. The van der Waals surface area contributed by atoms with Crippen LogP contribution >= 0.6 is 0 Å². The lowest BCUT2D eigenvalue weighted by Gasteiger charge is -2.17. The van der Waals surface area contributed by atoms with Crippen molar-refractivity contribution < 1.29 is 4.74 Å². The summed E-state index contributed by atoms with van der Waals surface area (Å²) in [5.41, 5.74) is 1.17. The highest BCUT2D eigenvalue weighted by Crippen LogP contribution is 2.18. The highest BCUT2D eigenvalue weighted by Gasteiger charge is 2.17. The topological polar surface area (TPSA) is 39.1 Å². The Labute approximate surface area is 103 Å². The van der Waals surface area contributed by atoms with Crippen LogP contribution in [-0.2, 0) is 18.2 Å². The van der Waals surface area contributed by atoms with Gasteiger partial charge in [-0.25, -0.2) is 0 Å². The van der Waals surface area contributed by atoms with Crippen molar-refractivity contribution in [3.63, 3.8) is 0 Å². The van der Waals surface area contributed by atoms with Gasteiger partial charge in [0.2, 0.25) is 0 Å². The number of likely N-dealkylation sites (N-methyl/N-ethyl adjacent to an activating group) is 1. The predicted molar refractivity (Wildman–Crippen MR) is 68.0 cm³/mol. The van der Waals surface area contributed by atoms with Crippen molar-refractivity contribution in [3.8, 4) is 0 Å². The van der Waals surface area contributed by atoms with Crippen LogP contribution in [0.4, 0.5) is 0 Å². The molecule has 96 valence electrons. The van der Waals surface area contributed by atoms with E-state index in [-0.39, 0.29) is 0 Å². The van der Waals surface area contributed by atoms with Gasteiger partial charge in [-0.2, -0.15) is 5.10 Å². The Morgan fingerprint density at radius 1 is 1.65 bits per heavy atom. The molecule has 2 rings (SSSR count). The van der Waals surface area contributed by atoms with Gasteiger partial charge in [-0.1, -0.05) is 0 Å². The third kappa shape index (κ3) is 3.82. The number of ether oxygens (including phenoxy) is 1. The molecule has 0 spiro atoms. The number of hydrogen-bond donors (Lipinski definition) is 1. The van der Waals surface area contributed by atoms with Crippen molar-refractivity contribution in [3.05, 3.63) is 18.0 Å². The Bertz CT molecular complexity index is 331. The van der Waals surface area contributed by atoms with Gasteiger partial charge in [0.05, 0.1) is 11.8 Å². The van der Waals surface area contributed by atoms with Gasteiger partial charge in [0.1, 0.15) is 0 Å². The fraction of sp³-hybridized carbons (Fsp3) is 0.769. The summed E-state index contributed by atoms with van der Waals surface area (Å²) in [5.74, 6) is 0. The molecule has 1 aliphatic rings. The van der Waals surface area contributed by atoms with E-state index in [1.165, 1.54) is 25.0 Å². The second kappa shape index (κ2) is 6.17. The Balaban J connectivity index is 1.75. The molecular weight excluding hydrogens is 214 g/mol. The molecule has 1 N–H and O–H groups in total. The van der Waals surface area contributed by atoms with E-state index in [9.17, 15) is 0 Å². The monoisotopic (exact) mass is 237 g/mol. The fourth-order valence-electron chi connectivity index (χ4n) is 2.43. The quantitative estimate of drug-likeness (QED) is 0.815. The summed E-state index contributed by atoms with van der Waals surface area (Å²) in [6.45, 7) is 0.953. The van der Waals surface area contributed by atoms with Gasteiger partial charge in [-0.15, -0.1) is 0 Å². The zero-order valence-corrected chi connectivity index (χ0v) is 10.9. The highest BCUT2D eigenvalue weighted by molar-refractivity contribution is 5.01. The van der Waals surface area contributed by atoms with Crippen molar-refractivity contribution in [1.82, 2.24) is 15.1 Å². The lowest BCUT2D eigenvalue weighted by atomic mass is 10.0. The van der Waals surface area contributed by atoms with E-state index in [0.717, 1.165) is 19.4 Å². The maximum atomic E-state index is 5.65. The number of aryl methyl sites for hydroxylation is 1. The first-order valence-corrected chi connectivity index (χ1v) is 6.55. The summed E-state index contributed by atoms with van der Waals surface area (Å²) in [7, 11) is 3.99. The summed E-state index contributed by atoms with van der Waals surface area (Å²) in [6, 6.07) is 2.60. The van der Waals surface area contributed by atoms with E-state index in [1.54, 1.807) is 0 Å². The van der Waals surface area contributed by atoms with Gasteiger partial charge >= 0.3 is 0 Å². The van der Waals surface area contributed by atoms with E-state index in [0.29, 0.717) is 12.1 Å². The first-order valence-electron chi connectivity index (χ1n) is 6.55. The molecule has 2 atom stereocenters. The largest absolute Gasteiger partial charge is 0.378 e. The van der Waals surface area contributed by atoms with Gasteiger partial charge in [0, 0.05) is 32.3 Å². The lowest BCUT2D eigenvalue weighted by molar-refractivity contribution is 0.0998. The Hall–Kier alpha value is -0.870. The van der Waals surface area contributed by atoms with E-state index in [1.807, 2.05) is 25.0 Å². The zero-order valence-electron chi connectivity index (χ0n) is 10.9. The minimum Gasteiger partial charge on any atom is -0.378 e. The molecule has 0 saturated carbocycles. The summed E-state index contributed by atoms with van der Waals surface area (Å²) >= 11 is 0. The van der Waals surface area contributed by atoms with Crippen molar-refractivity contribution in [2.75, 3.05) is 13.7 Å². The van der Waals surface area contributed by atoms with E-state index in [4.69, 9.17) is 4.74 Å². The molecular formula is C13H23N3O. The first kappa shape index (κ1) is 12.6. The van der Waals surface area contributed by atoms with Crippen LogP contribution in [0.25, 0.3) is 0 Å². The van der Waals surface area contributed by atoms with E-state index in [2.05, 4.69) is 16.5 Å². The molecule has 4 heteroatoms. The Morgan fingerprint density at radius 2 is 2.53 bits per heavy atom. The second-order valence-corrected chi connectivity index (χ2v) is 4.88. The maximum Gasteiger partial charge on any atom is 0.0639 e. The van der Waals surface area contributed by atoms with Gasteiger partial charge in [0.25, 0.3) is 0 Å². The fourth-order valence-corrected chi connectivity index (χ4v) is 2.43. The average Bonchev–Trinajstić information content (AvgIpc) is 2.96. The van der Waals surface area contributed by atoms with Crippen LogP contribution in [0.3, 0.4) is 0 Å². The number of nitrogens with one attached hydrogen (secondary N) is 1. The Morgan fingerprint density at radius 3 is 3.12 bits per heavy atom. The molecule has 0 bridgehead atoms. The SMILES string of the molecule is CNC(CCC1CCCO1)Cc1ccn(C)n1. The van der Waals surface area contributed by atoms with Crippen LogP contribution in [0, 0.1) is 0 Å². The van der Waals surface area contributed by atoms with Crippen LogP contribution in [0.1, 0.15) is 31.4 Å². The van der Waals surface area contributed by atoms with Crippen LogP contribution in [0.5, 0.6) is 0 Å². The minimum atomic E-state index is 0.495.